The monoisotopic (exact) mass is 683 g/mol. The van der Waals surface area contributed by atoms with E-state index in [1.54, 1.807) is 17.2 Å². The molecule has 1 aliphatic heterocycles. The number of sulfone groups is 1. The van der Waals surface area contributed by atoms with Crippen LogP contribution >= 0.6 is 12.4 Å². The molecule has 1 saturated heterocycles. The van der Waals surface area contributed by atoms with E-state index in [4.69, 9.17) is 15.2 Å². The van der Waals surface area contributed by atoms with Crippen molar-refractivity contribution in [1.82, 2.24) is 9.88 Å². The van der Waals surface area contributed by atoms with Crippen LogP contribution in [-0.4, -0.2) is 62.7 Å². The Kier molecular flexibility index (Phi) is 11.4. The maximum absolute atomic E-state index is 14.0. The Balaban J connectivity index is 0.00000500. The first-order valence-electron chi connectivity index (χ1n) is 14.5. The number of likely N-dealkylation sites (tertiary alicyclic amines) is 1. The third-order valence-electron chi connectivity index (χ3n) is 7.64. The second-order valence-electron chi connectivity index (χ2n) is 10.9. The molecule has 1 aromatic heterocycles. The Morgan fingerprint density at radius 2 is 1.74 bits per heavy atom. The van der Waals surface area contributed by atoms with E-state index in [-0.39, 0.29) is 40.3 Å². The minimum absolute atomic E-state index is 0. The quantitative estimate of drug-likeness (QED) is 0.218. The number of aromatic nitrogens is 1. The average molecular weight is 684 g/mol. The van der Waals surface area contributed by atoms with Gasteiger partial charge in [-0.05, 0) is 60.9 Å². The van der Waals surface area contributed by atoms with Crippen molar-refractivity contribution in [3.8, 4) is 17.4 Å². The van der Waals surface area contributed by atoms with E-state index < -0.39 is 27.6 Å². The molecule has 3 aromatic carbocycles. The number of carbonyl (C=O) groups is 2. The number of pyridine rings is 1. The van der Waals surface area contributed by atoms with Crippen LogP contribution in [0.2, 0.25) is 0 Å². The predicted octanol–water partition coefficient (Wildman–Crippen LogP) is 5.65. The van der Waals surface area contributed by atoms with Gasteiger partial charge < -0.3 is 20.5 Å². The van der Waals surface area contributed by atoms with E-state index in [9.17, 15) is 22.4 Å². The zero-order chi connectivity index (χ0) is 32.8. The predicted molar refractivity (Wildman–Crippen MR) is 179 cm³/mol. The Morgan fingerprint density at radius 3 is 2.36 bits per heavy atom. The van der Waals surface area contributed by atoms with E-state index in [1.807, 2.05) is 36.4 Å². The molecule has 1 fully saturated rings. The number of ether oxygens (including phenoxy) is 2. The number of hydrogen-bond donors (Lipinski definition) is 2. The number of nitrogens with one attached hydrogen (secondary N) is 1. The molecule has 3 N–H and O–H groups in total. The second-order valence-corrected chi connectivity index (χ2v) is 12.9. The van der Waals surface area contributed by atoms with Gasteiger partial charge in [0.05, 0.1) is 17.6 Å². The van der Waals surface area contributed by atoms with E-state index in [0.717, 1.165) is 36.7 Å². The van der Waals surface area contributed by atoms with Gasteiger partial charge in [-0.2, -0.15) is 0 Å². The molecule has 47 heavy (non-hydrogen) atoms. The highest BCUT2D eigenvalue weighted by Crippen LogP contribution is 2.33. The van der Waals surface area contributed by atoms with Crippen molar-refractivity contribution < 1.29 is 31.9 Å². The molecule has 0 spiro atoms. The molecule has 11 nitrogen and oxygen atoms in total. The second kappa shape index (κ2) is 15.2. The Hall–Kier alpha value is -4.72. The van der Waals surface area contributed by atoms with Gasteiger partial charge in [0.15, 0.2) is 21.3 Å². The largest absolute Gasteiger partial charge is 0.493 e. The molecular weight excluding hydrogens is 649 g/mol. The van der Waals surface area contributed by atoms with Crippen molar-refractivity contribution in [2.24, 2.45) is 5.73 Å². The third kappa shape index (κ3) is 8.76. The normalized spacial score (nSPS) is 13.7. The number of halogens is 2. The molecule has 248 valence electrons. The van der Waals surface area contributed by atoms with Gasteiger partial charge in [0.25, 0.3) is 5.91 Å². The zero-order valence-corrected chi connectivity index (χ0v) is 27.4. The number of rotatable bonds is 10. The van der Waals surface area contributed by atoms with Crippen LogP contribution < -0.4 is 25.4 Å². The van der Waals surface area contributed by atoms with Crippen LogP contribution in [0.1, 0.15) is 28.8 Å². The molecule has 5 rings (SSSR count). The molecular formula is C33H35ClFN5O6S. The zero-order valence-electron chi connectivity index (χ0n) is 25.8. The Labute approximate surface area is 278 Å². The number of nitrogens with two attached hydrogens (primary N) is 1. The molecule has 2 heterocycles. The van der Waals surface area contributed by atoms with Crippen molar-refractivity contribution >= 4 is 45.6 Å². The summed E-state index contributed by atoms with van der Waals surface area (Å²) in [6.45, 7) is 2.10. The molecule has 1 aliphatic rings. The summed E-state index contributed by atoms with van der Waals surface area (Å²) >= 11 is 0. The number of primary amides is 1. The summed E-state index contributed by atoms with van der Waals surface area (Å²) in [5.74, 6) is -0.710. The SMILES string of the molecule is COc1cc(S(C)(=O)=O)ccc1Oc1ccc(CN2CCC(N(C(=O)Nc3ccc(F)c(C(N)=O)c3)c3ccccc3)CC2)cn1.Cl. The number of para-hydroxylation sites is 1. The molecule has 4 aromatic rings. The van der Waals surface area contributed by atoms with Crippen LogP contribution in [0.3, 0.4) is 0 Å². The molecule has 0 saturated carbocycles. The highest BCUT2D eigenvalue weighted by atomic mass is 35.5. The summed E-state index contributed by atoms with van der Waals surface area (Å²) in [5, 5.41) is 2.79. The Bertz CT molecular complexity index is 1820. The van der Waals surface area contributed by atoms with Crippen LogP contribution in [0.15, 0.2) is 90.0 Å². The van der Waals surface area contributed by atoms with Gasteiger partial charge in [0.2, 0.25) is 5.88 Å². The first kappa shape index (κ1) is 35.1. The lowest BCUT2D eigenvalue weighted by molar-refractivity contribution is 0.0996. The van der Waals surface area contributed by atoms with E-state index in [1.165, 1.54) is 37.4 Å². The molecule has 0 radical (unpaired) electrons. The summed E-state index contributed by atoms with van der Waals surface area (Å²) in [6.07, 6.45) is 4.26. The number of anilines is 2. The van der Waals surface area contributed by atoms with Crippen LogP contribution in [-0.2, 0) is 16.4 Å². The highest BCUT2D eigenvalue weighted by molar-refractivity contribution is 7.90. The standard InChI is InChI=1S/C33H34FN5O6S.ClH/c1-44-30-19-26(46(2,42)43)10-12-29(30)45-31-13-8-22(20-36-31)21-38-16-14-25(15-17-38)39(24-6-4-3-5-7-24)33(41)37-23-9-11-28(34)27(18-23)32(35)40;/h3-13,18-20,25H,14-17,21H2,1-2H3,(H2,35,40)(H,37,41);1H. The molecule has 3 amide bonds. The number of amides is 3. The number of nitrogens with zero attached hydrogens (tertiary/aromatic N) is 3. The molecule has 0 aliphatic carbocycles. The number of urea groups is 1. The van der Waals surface area contributed by atoms with Gasteiger partial charge in [0, 0.05) is 61.6 Å². The van der Waals surface area contributed by atoms with Crippen LogP contribution in [0.4, 0.5) is 20.6 Å². The smallest absolute Gasteiger partial charge is 0.326 e. The molecule has 14 heteroatoms. The summed E-state index contributed by atoms with van der Waals surface area (Å²) in [7, 11) is -1.96. The first-order valence-corrected chi connectivity index (χ1v) is 16.4. The first-order chi connectivity index (χ1) is 22.0. The van der Waals surface area contributed by atoms with E-state index in [0.29, 0.717) is 31.0 Å². The summed E-state index contributed by atoms with van der Waals surface area (Å²) < 4.78 is 48.9. The molecule has 0 atom stereocenters. The van der Waals surface area contributed by atoms with Crippen LogP contribution in [0.5, 0.6) is 17.4 Å². The fourth-order valence-electron chi connectivity index (χ4n) is 5.29. The number of carbonyl (C=O) groups excluding carboxylic acids is 2. The maximum Gasteiger partial charge on any atom is 0.326 e. The highest BCUT2D eigenvalue weighted by Gasteiger charge is 2.29. The van der Waals surface area contributed by atoms with E-state index in [2.05, 4.69) is 15.2 Å². The van der Waals surface area contributed by atoms with Crippen molar-refractivity contribution in [1.29, 1.82) is 0 Å². The fourth-order valence-corrected chi connectivity index (χ4v) is 5.93. The molecule has 0 unspecified atom stereocenters. The van der Waals surface area contributed by atoms with Crippen molar-refractivity contribution in [2.45, 2.75) is 30.3 Å². The average Bonchev–Trinajstić information content (AvgIpc) is 3.04. The lowest BCUT2D eigenvalue weighted by Gasteiger charge is -2.38. The lowest BCUT2D eigenvalue weighted by Crippen LogP contribution is -2.49. The van der Waals surface area contributed by atoms with Gasteiger partial charge in [0.1, 0.15) is 5.82 Å². The van der Waals surface area contributed by atoms with Crippen LogP contribution in [0.25, 0.3) is 0 Å². The minimum atomic E-state index is -3.39. The lowest BCUT2D eigenvalue weighted by atomic mass is 10.0. The number of benzene rings is 3. The minimum Gasteiger partial charge on any atom is -0.493 e. The van der Waals surface area contributed by atoms with Gasteiger partial charge in [-0.25, -0.2) is 22.6 Å². The summed E-state index contributed by atoms with van der Waals surface area (Å²) in [5.41, 5.74) is 6.94. The van der Waals surface area contributed by atoms with Crippen LogP contribution in [0, 0.1) is 5.82 Å². The van der Waals surface area contributed by atoms with Crippen molar-refractivity contribution in [3.63, 3.8) is 0 Å². The topological polar surface area (TPSA) is 144 Å². The van der Waals surface area contributed by atoms with Crippen molar-refractivity contribution in [3.05, 3.63) is 102 Å². The molecule has 0 bridgehead atoms. The summed E-state index contributed by atoms with van der Waals surface area (Å²) in [4.78, 5) is 33.7. The van der Waals surface area contributed by atoms with Gasteiger partial charge >= 0.3 is 6.03 Å². The number of piperidine rings is 1. The number of hydrogen-bond acceptors (Lipinski definition) is 8. The third-order valence-corrected chi connectivity index (χ3v) is 8.75. The van der Waals surface area contributed by atoms with Gasteiger partial charge in [-0.3, -0.25) is 14.6 Å². The summed E-state index contributed by atoms with van der Waals surface area (Å²) in [6, 6.07) is 20.6. The van der Waals surface area contributed by atoms with E-state index >= 15 is 0 Å². The fraction of sp³-hybridized carbons (Fsp3) is 0.242. The Morgan fingerprint density at radius 1 is 1.02 bits per heavy atom. The number of methoxy groups -OCH3 is 1. The maximum atomic E-state index is 14.0. The van der Waals surface area contributed by atoms with Gasteiger partial charge in [-0.15, -0.1) is 12.4 Å². The van der Waals surface area contributed by atoms with Crippen molar-refractivity contribution in [2.75, 3.05) is 36.7 Å². The van der Waals surface area contributed by atoms with Gasteiger partial charge in [-0.1, -0.05) is 24.3 Å².